The Hall–Kier alpha value is -2.70. The number of nitro groups is 1. The van der Waals surface area contributed by atoms with Gasteiger partial charge in [0.1, 0.15) is 5.56 Å². The second kappa shape index (κ2) is 6.17. The zero-order valence-electron chi connectivity index (χ0n) is 11.9. The van der Waals surface area contributed by atoms with Crippen LogP contribution in [-0.2, 0) is 13.1 Å². The lowest BCUT2D eigenvalue weighted by molar-refractivity contribution is -0.385. The second-order valence-electron chi connectivity index (χ2n) is 4.55. The summed E-state index contributed by atoms with van der Waals surface area (Å²) < 4.78 is 1.78. The fourth-order valence-corrected chi connectivity index (χ4v) is 1.99. The number of para-hydroxylation sites is 1. The lowest BCUT2D eigenvalue weighted by atomic mass is 10.1. The van der Waals surface area contributed by atoms with Crippen LogP contribution < -0.4 is 5.32 Å². The van der Waals surface area contributed by atoms with Gasteiger partial charge in [-0.05, 0) is 19.9 Å². The van der Waals surface area contributed by atoms with Gasteiger partial charge in [-0.1, -0.05) is 12.1 Å². The van der Waals surface area contributed by atoms with E-state index >= 15 is 0 Å². The minimum atomic E-state index is -0.560. The summed E-state index contributed by atoms with van der Waals surface area (Å²) in [6, 6.07) is 5.89. The van der Waals surface area contributed by atoms with Gasteiger partial charge in [-0.15, -0.1) is 0 Å². The van der Waals surface area contributed by atoms with Crippen LogP contribution in [0, 0.1) is 17.0 Å². The zero-order valence-corrected chi connectivity index (χ0v) is 11.9. The summed E-state index contributed by atoms with van der Waals surface area (Å²) in [7, 11) is 0. The van der Waals surface area contributed by atoms with Gasteiger partial charge >= 0.3 is 0 Å². The highest BCUT2D eigenvalue weighted by atomic mass is 16.6. The van der Waals surface area contributed by atoms with Gasteiger partial charge in [0.15, 0.2) is 0 Å². The number of aromatic nitrogens is 2. The third-order valence-electron chi connectivity index (χ3n) is 3.16. The maximum absolute atomic E-state index is 12.1. The summed E-state index contributed by atoms with van der Waals surface area (Å²) >= 11 is 0. The van der Waals surface area contributed by atoms with E-state index in [0.29, 0.717) is 0 Å². The molecule has 0 aliphatic rings. The molecule has 1 N–H and O–H groups in total. The van der Waals surface area contributed by atoms with Crippen molar-refractivity contribution in [3.63, 3.8) is 0 Å². The molecule has 0 bridgehead atoms. The van der Waals surface area contributed by atoms with Crippen LogP contribution in [0.25, 0.3) is 0 Å². The van der Waals surface area contributed by atoms with Crippen molar-refractivity contribution in [3.8, 4) is 0 Å². The number of amides is 1. The summed E-state index contributed by atoms with van der Waals surface area (Å²) in [6.07, 6.45) is 1.86. The molecule has 1 heterocycles. The molecule has 1 aromatic heterocycles. The first-order valence-electron chi connectivity index (χ1n) is 6.57. The highest BCUT2D eigenvalue weighted by Gasteiger charge is 2.19. The maximum atomic E-state index is 12.1. The molecule has 0 unspecified atom stereocenters. The molecule has 1 aromatic carbocycles. The third-order valence-corrected chi connectivity index (χ3v) is 3.16. The van der Waals surface area contributed by atoms with Crippen LogP contribution in [-0.4, -0.2) is 20.6 Å². The van der Waals surface area contributed by atoms with E-state index in [1.165, 1.54) is 18.2 Å². The fourth-order valence-electron chi connectivity index (χ4n) is 1.99. The Balaban J connectivity index is 2.12. The normalized spacial score (nSPS) is 10.4. The molecule has 7 heteroatoms. The summed E-state index contributed by atoms with van der Waals surface area (Å²) in [5.74, 6) is -0.467. The molecular formula is C14H16N4O3. The molecule has 7 nitrogen and oxygen atoms in total. The van der Waals surface area contributed by atoms with E-state index in [-0.39, 0.29) is 17.8 Å². The number of hydrogen-bond acceptors (Lipinski definition) is 4. The molecule has 0 saturated heterocycles. The Morgan fingerprint density at radius 1 is 1.43 bits per heavy atom. The molecule has 110 valence electrons. The van der Waals surface area contributed by atoms with Crippen molar-refractivity contribution in [2.45, 2.75) is 26.9 Å². The summed E-state index contributed by atoms with van der Waals surface area (Å²) in [6.45, 7) is 4.87. The summed E-state index contributed by atoms with van der Waals surface area (Å²) in [4.78, 5) is 22.4. The lowest BCUT2D eigenvalue weighted by Crippen LogP contribution is -2.23. The first-order valence-corrected chi connectivity index (χ1v) is 6.57. The minimum absolute atomic E-state index is 0.0584. The Kier molecular flexibility index (Phi) is 4.32. The largest absolute Gasteiger partial charge is 0.348 e. The van der Waals surface area contributed by atoms with Gasteiger partial charge in [0.05, 0.1) is 10.6 Å². The number of benzene rings is 1. The molecule has 2 rings (SSSR count). The summed E-state index contributed by atoms with van der Waals surface area (Å²) in [5.41, 5.74) is 1.59. The van der Waals surface area contributed by atoms with E-state index < -0.39 is 10.8 Å². The number of aryl methyl sites for hydroxylation is 2. The molecule has 21 heavy (non-hydrogen) atoms. The molecule has 0 fully saturated rings. The van der Waals surface area contributed by atoms with E-state index in [4.69, 9.17) is 0 Å². The molecule has 0 aliphatic heterocycles. The topological polar surface area (TPSA) is 90.1 Å². The van der Waals surface area contributed by atoms with Gasteiger partial charge in [-0.2, -0.15) is 5.10 Å². The zero-order chi connectivity index (χ0) is 15.4. The van der Waals surface area contributed by atoms with Crippen molar-refractivity contribution in [1.82, 2.24) is 15.1 Å². The van der Waals surface area contributed by atoms with Crippen LogP contribution >= 0.6 is 0 Å². The van der Waals surface area contributed by atoms with Gasteiger partial charge in [0, 0.05) is 30.9 Å². The molecule has 0 radical (unpaired) electrons. The average Bonchev–Trinajstić information content (AvgIpc) is 2.85. The smallest absolute Gasteiger partial charge is 0.282 e. The Bertz CT molecular complexity index is 679. The van der Waals surface area contributed by atoms with Crippen LogP contribution in [0.2, 0.25) is 0 Å². The van der Waals surface area contributed by atoms with Gasteiger partial charge in [0.2, 0.25) is 0 Å². The van der Waals surface area contributed by atoms with E-state index in [1.807, 2.05) is 20.0 Å². The van der Waals surface area contributed by atoms with Gasteiger partial charge in [-0.3, -0.25) is 19.6 Å². The quantitative estimate of drug-likeness (QED) is 0.673. The maximum Gasteiger partial charge on any atom is 0.282 e. The number of nitrogens with zero attached hydrogens (tertiary/aromatic N) is 3. The SMILES string of the molecule is CCn1cc(CNC(=O)c2ccccc2[N+](=O)[O-])c(C)n1. The number of carbonyl (C=O) groups excluding carboxylic acids is 1. The highest BCUT2D eigenvalue weighted by molar-refractivity contribution is 5.98. The van der Waals surface area contributed by atoms with Crippen LogP contribution in [0.1, 0.15) is 28.5 Å². The Morgan fingerprint density at radius 2 is 2.14 bits per heavy atom. The van der Waals surface area contributed by atoms with E-state index in [9.17, 15) is 14.9 Å². The molecular weight excluding hydrogens is 272 g/mol. The lowest BCUT2D eigenvalue weighted by Gasteiger charge is -2.05. The fraction of sp³-hybridized carbons (Fsp3) is 0.286. The van der Waals surface area contributed by atoms with Crippen molar-refractivity contribution < 1.29 is 9.72 Å². The number of carbonyl (C=O) groups is 1. The molecule has 1 amide bonds. The standard InChI is InChI=1S/C14H16N4O3/c1-3-17-9-11(10(2)16-17)8-15-14(19)12-6-4-5-7-13(12)18(20)21/h4-7,9H,3,8H2,1-2H3,(H,15,19). The van der Waals surface area contributed by atoms with Gasteiger partial charge in [-0.25, -0.2) is 0 Å². The van der Waals surface area contributed by atoms with Crippen molar-refractivity contribution in [2.75, 3.05) is 0 Å². The van der Waals surface area contributed by atoms with E-state index in [0.717, 1.165) is 17.8 Å². The Labute approximate surface area is 121 Å². The monoisotopic (exact) mass is 288 g/mol. The number of nitrogens with one attached hydrogen (secondary N) is 1. The predicted molar refractivity (Wildman–Crippen MR) is 76.9 cm³/mol. The van der Waals surface area contributed by atoms with Crippen molar-refractivity contribution in [2.24, 2.45) is 0 Å². The molecule has 0 saturated carbocycles. The number of nitro benzene ring substituents is 1. The molecule has 0 spiro atoms. The minimum Gasteiger partial charge on any atom is -0.348 e. The van der Waals surface area contributed by atoms with Crippen molar-refractivity contribution in [1.29, 1.82) is 0 Å². The van der Waals surface area contributed by atoms with Crippen LogP contribution in [0.3, 0.4) is 0 Å². The highest BCUT2D eigenvalue weighted by Crippen LogP contribution is 2.17. The van der Waals surface area contributed by atoms with Gasteiger partial charge < -0.3 is 5.32 Å². The van der Waals surface area contributed by atoms with Crippen LogP contribution in [0.15, 0.2) is 30.5 Å². The number of rotatable bonds is 5. The Morgan fingerprint density at radius 3 is 2.76 bits per heavy atom. The van der Waals surface area contributed by atoms with Crippen LogP contribution in [0.4, 0.5) is 5.69 Å². The first-order chi connectivity index (χ1) is 10.0. The molecule has 2 aromatic rings. The first kappa shape index (κ1) is 14.7. The second-order valence-corrected chi connectivity index (χ2v) is 4.55. The third kappa shape index (κ3) is 3.25. The van der Waals surface area contributed by atoms with Gasteiger partial charge in [0.25, 0.3) is 11.6 Å². The summed E-state index contributed by atoms with van der Waals surface area (Å²) in [5, 5.41) is 17.9. The van der Waals surface area contributed by atoms with Crippen molar-refractivity contribution in [3.05, 3.63) is 57.4 Å². The van der Waals surface area contributed by atoms with Crippen LogP contribution in [0.5, 0.6) is 0 Å². The molecule has 0 atom stereocenters. The van der Waals surface area contributed by atoms with Crippen molar-refractivity contribution >= 4 is 11.6 Å². The number of hydrogen-bond donors (Lipinski definition) is 1. The predicted octanol–water partition coefficient (Wildman–Crippen LogP) is 2.05. The van der Waals surface area contributed by atoms with E-state index in [2.05, 4.69) is 10.4 Å². The molecule has 0 aliphatic carbocycles. The van der Waals surface area contributed by atoms with E-state index in [1.54, 1.807) is 10.7 Å². The average molecular weight is 288 g/mol.